The number of piperidine rings is 1. The van der Waals surface area contributed by atoms with Gasteiger partial charge in [0.2, 0.25) is 0 Å². The lowest BCUT2D eigenvalue weighted by atomic mass is 9.98. The highest BCUT2D eigenvalue weighted by atomic mass is 15.3. The highest BCUT2D eigenvalue weighted by Crippen LogP contribution is 2.21. The Morgan fingerprint density at radius 3 is 2.25 bits per heavy atom. The maximum absolute atomic E-state index is 5.80. The van der Waals surface area contributed by atoms with Crippen LogP contribution in [-0.2, 0) is 0 Å². The fourth-order valence-electron chi connectivity index (χ4n) is 1.99. The van der Waals surface area contributed by atoms with E-state index in [1.54, 1.807) is 7.05 Å². The minimum atomic E-state index is 0.553. The van der Waals surface area contributed by atoms with Crippen molar-refractivity contribution in [2.75, 3.05) is 7.05 Å². The molecule has 2 N–H and O–H groups in total. The molecule has 1 saturated heterocycles. The molecule has 0 bridgehead atoms. The third kappa shape index (κ3) is 1.71. The fraction of sp³-hybridized carbons (Fsp3) is 0.889. The summed E-state index contributed by atoms with van der Waals surface area (Å²) in [5.74, 6) is 0.690. The number of aliphatic imine (C=N–C) groups is 1. The average Bonchev–Trinajstić information content (AvgIpc) is 2.03. The molecule has 1 rings (SSSR count). The van der Waals surface area contributed by atoms with E-state index in [2.05, 4.69) is 23.7 Å². The molecule has 1 aliphatic rings. The summed E-state index contributed by atoms with van der Waals surface area (Å²) in [6, 6.07) is 1.11. The van der Waals surface area contributed by atoms with Gasteiger partial charge in [0.1, 0.15) is 0 Å². The first-order valence-corrected chi connectivity index (χ1v) is 4.67. The second kappa shape index (κ2) is 3.78. The van der Waals surface area contributed by atoms with E-state index in [4.69, 9.17) is 5.73 Å². The Balaban J connectivity index is 2.69. The average molecular weight is 169 g/mol. The van der Waals surface area contributed by atoms with Gasteiger partial charge in [0.25, 0.3) is 0 Å². The van der Waals surface area contributed by atoms with Crippen molar-refractivity contribution in [3.63, 3.8) is 0 Å². The predicted octanol–water partition coefficient (Wildman–Crippen LogP) is 1.19. The molecular formula is C9H19N3. The van der Waals surface area contributed by atoms with Crippen LogP contribution in [0.15, 0.2) is 4.99 Å². The van der Waals surface area contributed by atoms with E-state index in [9.17, 15) is 0 Å². The molecule has 12 heavy (non-hydrogen) atoms. The summed E-state index contributed by atoms with van der Waals surface area (Å²) in [6.45, 7) is 4.43. The third-order valence-electron chi connectivity index (χ3n) is 2.69. The van der Waals surface area contributed by atoms with Crippen LogP contribution in [0.3, 0.4) is 0 Å². The molecule has 0 aliphatic carbocycles. The zero-order chi connectivity index (χ0) is 9.14. The Hall–Kier alpha value is -0.730. The topological polar surface area (TPSA) is 41.6 Å². The molecule has 2 unspecified atom stereocenters. The number of hydrogen-bond donors (Lipinski definition) is 1. The molecule has 0 saturated carbocycles. The number of likely N-dealkylation sites (tertiary alicyclic amines) is 1. The summed E-state index contributed by atoms with van der Waals surface area (Å²) in [5.41, 5.74) is 5.80. The Morgan fingerprint density at radius 2 is 1.83 bits per heavy atom. The van der Waals surface area contributed by atoms with Crippen LogP contribution in [0.1, 0.15) is 33.1 Å². The first-order chi connectivity index (χ1) is 5.66. The molecule has 0 aromatic heterocycles. The summed E-state index contributed by atoms with van der Waals surface area (Å²) in [6.07, 6.45) is 3.79. The normalized spacial score (nSPS) is 32.2. The van der Waals surface area contributed by atoms with Gasteiger partial charge in [0.05, 0.1) is 0 Å². The van der Waals surface area contributed by atoms with Gasteiger partial charge in [-0.25, -0.2) is 0 Å². The largest absolute Gasteiger partial charge is 0.370 e. The van der Waals surface area contributed by atoms with E-state index in [0.717, 1.165) is 0 Å². The van der Waals surface area contributed by atoms with E-state index in [1.165, 1.54) is 19.3 Å². The fourth-order valence-corrected chi connectivity index (χ4v) is 1.99. The molecule has 3 nitrogen and oxygen atoms in total. The molecule has 0 radical (unpaired) electrons. The minimum Gasteiger partial charge on any atom is -0.370 e. The highest BCUT2D eigenvalue weighted by molar-refractivity contribution is 5.78. The van der Waals surface area contributed by atoms with Gasteiger partial charge in [0.15, 0.2) is 5.96 Å². The van der Waals surface area contributed by atoms with Gasteiger partial charge < -0.3 is 10.6 Å². The van der Waals surface area contributed by atoms with Crippen molar-refractivity contribution in [2.45, 2.75) is 45.2 Å². The van der Waals surface area contributed by atoms with Crippen LogP contribution in [0.5, 0.6) is 0 Å². The molecule has 2 atom stereocenters. The van der Waals surface area contributed by atoms with Crippen LogP contribution < -0.4 is 5.73 Å². The number of rotatable bonds is 0. The lowest BCUT2D eigenvalue weighted by Crippen LogP contribution is -2.50. The Kier molecular flexibility index (Phi) is 2.95. The molecule has 0 amide bonds. The molecule has 0 aromatic rings. The molecule has 1 heterocycles. The Labute approximate surface area is 74.6 Å². The standard InChI is InChI=1S/C9H19N3/c1-7-5-4-6-8(2)12(7)9(10)11-3/h7-8H,4-6H2,1-3H3,(H2,10,11). The Morgan fingerprint density at radius 1 is 1.33 bits per heavy atom. The van der Waals surface area contributed by atoms with Crippen LogP contribution in [0, 0.1) is 0 Å². The predicted molar refractivity (Wildman–Crippen MR) is 52.2 cm³/mol. The van der Waals surface area contributed by atoms with Crippen molar-refractivity contribution in [1.29, 1.82) is 0 Å². The molecule has 1 fully saturated rings. The molecule has 70 valence electrons. The van der Waals surface area contributed by atoms with Gasteiger partial charge in [0, 0.05) is 19.1 Å². The second-order valence-corrected chi connectivity index (χ2v) is 3.62. The van der Waals surface area contributed by atoms with E-state index in [1.807, 2.05) is 0 Å². The number of hydrogen-bond acceptors (Lipinski definition) is 1. The van der Waals surface area contributed by atoms with Crippen LogP contribution in [0.25, 0.3) is 0 Å². The zero-order valence-electron chi connectivity index (χ0n) is 8.25. The lowest BCUT2D eigenvalue weighted by Gasteiger charge is -2.39. The van der Waals surface area contributed by atoms with Crippen molar-refractivity contribution in [3.05, 3.63) is 0 Å². The Bertz CT molecular complexity index is 167. The van der Waals surface area contributed by atoms with Gasteiger partial charge >= 0.3 is 0 Å². The smallest absolute Gasteiger partial charge is 0.191 e. The van der Waals surface area contributed by atoms with Crippen molar-refractivity contribution in [3.8, 4) is 0 Å². The quantitative estimate of drug-likeness (QED) is 0.437. The first kappa shape index (κ1) is 9.36. The van der Waals surface area contributed by atoms with Gasteiger partial charge in [-0.05, 0) is 33.1 Å². The van der Waals surface area contributed by atoms with Crippen LogP contribution in [-0.4, -0.2) is 30.0 Å². The van der Waals surface area contributed by atoms with Crippen LogP contribution in [0.4, 0.5) is 0 Å². The van der Waals surface area contributed by atoms with Crippen molar-refractivity contribution >= 4 is 5.96 Å². The summed E-state index contributed by atoms with van der Waals surface area (Å²) in [5, 5.41) is 0. The van der Waals surface area contributed by atoms with Gasteiger partial charge in [-0.3, -0.25) is 4.99 Å². The summed E-state index contributed by atoms with van der Waals surface area (Å²) >= 11 is 0. The summed E-state index contributed by atoms with van der Waals surface area (Å²) in [4.78, 5) is 6.26. The molecular weight excluding hydrogens is 150 g/mol. The summed E-state index contributed by atoms with van der Waals surface area (Å²) < 4.78 is 0. The zero-order valence-corrected chi connectivity index (χ0v) is 8.25. The van der Waals surface area contributed by atoms with Gasteiger partial charge in [-0.1, -0.05) is 0 Å². The van der Waals surface area contributed by atoms with E-state index in [-0.39, 0.29) is 0 Å². The molecule has 1 aliphatic heterocycles. The van der Waals surface area contributed by atoms with Gasteiger partial charge in [-0.2, -0.15) is 0 Å². The second-order valence-electron chi connectivity index (χ2n) is 3.62. The SMILES string of the molecule is CN=C(N)N1C(C)CCCC1C. The molecule has 0 spiro atoms. The highest BCUT2D eigenvalue weighted by Gasteiger charge is 2.25. The maximum Gasteiger partial charge on any atom is 0.191 e. The van der Waals surface area contributed by atoms with E-state index < -0.39 is 0 Å². The number of nitrogens with zero attached hydrogens (tertiary/aromatic N) is 2. The van der Waals surface area contributed by atoms with E-state index >= 15 is 0 Å². The van der Waals surface area contributed by atoms with E-state index in [0.29, 0.717) is 18.0 Å². The lowest BCUT2D eigenvalue weighted by molar-refractivity contribution is 0.189. The number of nitrogens with two attached hydrogens (primary N) is 1. The minimum absolute atomic E-state index is 0.553. The first-order valence-electron chi connectivity index (χ1n) is 4.67. The van der Waals surface area contributed by atoms with Crippen molar-refractivity contribution < 1.29 is 0 Å². The van der Waals surface area contributed by atoms with Crippen molar-refractivity contribution in [1.82, 2.24) is 4.90 Å². The van der Waals surface area contributed by atoms with Gasteiger partial charge in [-0.15, -0.1) is 0 Å². The third-order valence-corrected chi connectivity index (χ3v) is 2.69. The van der Waals surface area contributed by atoms with Crippen molar-refractivity contribution in [2.24, 2.45) is 10.7 Å². The monoisotopic (exact) mass is 169 g/mol. The maximum atomic E-state index is 5.80. The van der Waals surface area contributed by atoms with Crippen LogP contribution in [0.2, 0.25) is 0 Å². The number of guanidine groups is 1. The summed E-state index contributed by atoms with van der Waals surface area (Å²) in [7, 11) is 1.75. The van der Waals surface area contributed by atoms with Crippen LogP contribution >= 0.6 is 0 Å². The molecule has 0 aromatic carbocycles. The molecule has 3 heteroatoms.